The monoisotopic (exact) mass is 355 g/mol. The van der Waals surface area contributed by atoms with Gasteiger partial charge in [0.1, 0.15) is 11.4 Å². The van der Waals surface area contributed by atoms with Crippen molar-refractivity contribution in [3.05, 3.63) is 28.2 Å². The van der Waals surface area contributed by atoms with Crippen LogP contribution in [0.3, 0.4) is 0 Å². The first-order valence-corrected chi connectivity index (χ1v) is 7.92. The molecule has 1 aromatic carbocycles. The van der Waals surface area contributed by atoms with Crippen molar-refractivity contribution in [2.24, 2.45) is 0 Å². The van der Waals surface area contributed by atoms with Crippen molar-refractivity contribution in [3.63, 3.8) is 0 Å². The van der Waals surface area contributed by atoms with Crippen LogP contribution in [0, 0.1) is 0 Å². The molecule has 5 heteroatoms. The molecule has 0 spiro atoms. The number of halogens is 1. The third-order valence-electron chi connectivity index (χ3n) is 3.21. The second-order valence-electron chi connectivity index (χ2n) is 6.27. The highest BCUT2D eigenvalue weighted by Gasteiger charge is 2.35. The molecule has 0 saturated heterocycles. The summed E-state index contributed by atoms with van der Waals surface area (Å²) in [5.74, 6) is 0.770. The zero-order chi connectivity index (χ0) is 15.6. The number of methoxy groups -OCH3 is 1. The fourth-order valence-corrected chi connectivity index (χ4v) is 2.71. The third kappa shape index (κ3) is 4.37. The minimum atomic E-state index is -0.481. The summed E-state index contributed by atoms with van der Waals surface area (Å²) in [5, 5.41) is 0. The summed E-state index contributed by atoms with van der Waals surface area (Å²) in [6.45, 7) is 6.16. The lowest BCUT2D eigenvalue weighted by molar-refractivity contribution is 0.0215. The lowest BCUT2D eigenvalue weighted by Gasteiger charge is -2.28. The number of carbonyl (C=O) groups excluding carboxylic acids is 1. The quantitative estimate of drug-likeness (QED) is 0.805. The molecule has 116 valence electrons. The van der Waals surface area contributed by atoms with Gasteiger partial charge in [0.2, 0.25) is 0 Å². The second kappa shape index (κ2) is 6.26. The molecule has 1 aromatic rings. The smallest absolute Gasteiger partial charge is 0.410 e. The van der Waals surface area contributed by atoms with Crippen LogP contribution in [-0.4, -0.2) is 29.7 Å². The zero-order valence-corrected chi connectivity index (χ0v) is 14.6. The van der Waals surface area contributed by atoms with Crippen molar-refractivity contribution >= 4 is 22.0 Å². The van der Waals surface area contributed by atoms with Gasteiger partial charge in [-0.1, -0.05) is 12.1 Å². The molecular formula is C16H22BrNO3. The molecule has 0 atom stereocenters. The van der Waals surface area contributed by atoms with E-state index in [0.717, 1.165) is 28.6 Å². The molecule has 0 unspecified atom stereocenters. The molecule has 0 heterocycles. The summed E-state index contributed by atoms with van der Waals surface area (Å²) in [4.78, 5) is 14.2. The largest absolute Gasteiger partial charge is 0.495 e. The maximum atomic E-state index is 12.4. The molecule has 0 aromatic heterocycles. The van der Waals surface area contributed by atoms with Crippen LogP contribution in [0.5, 0.6) is 5.75 Å². The van der Waals surface area contributed by atoms with Gasteiger partial charge in [0.05, 0.1) is 18.1 Å². The minimum Gasteiger partial charge on any atom is -0.495 e. The van der Waals surface area contributed by atoms with E-state index in [1.165, 1.54) is 0 Å². The molecule has 2 rings (SSSR count). The summed E-state index contributed by atoms with van der Waals surface area (Å²) in [6.07, 6.45) is 1.82. The van der Waals surface area contributed by atoms with Crippen molar-refractivity contribution in [2.75, 3.05) is 7.11 Å². The Bertz CT molecular complexity index is 521. The van der Waals surface area contributed by atoms with Gasteiger partial charge in [0.15, 0.2) is 0 Å². The van der Waals surface area contributed by atoms with Crippen LogP contribution in [0.1, 0.15) is 39.2 Å². The molecular weight excluding hydrogens is 334 g/mol. The number of hydrogen-bond acceptors (Lipinski definition) is 3. The number of amides is 1. The first-order chi connectivity index (χ1) is 9.81. The van der Waals surface area contributed by atoms with Crippen molar-refractivity contribution in [1.29, 1.82) is 0 Å². The average Bonchev–Trinajstić information content (AvgIpc) is 3.18. The Morgan fingerprint density at radius 1 is 1.38 bits per heavy atom. The maximum absolute atomic E-state index is 12.4. The molecule has 1 fully saturated rings. The molecule has 1 aliphatic carbocycles. The molecule has 0 N–H and O–H groups in total. The zero-order valence-electron chi connectivity index (χ0n) is 13.0. The van der Waals surface area contributed by atoms with E-state index in [9.17, 15) is 4.79 Å². The Kier molecular flexibility index (Phi) is 4.81. The Labute approximate surface area is 134 Å². The van der Waals surface area contributed by atoms with E-state index in [-0.39, 0.29) is 12.1 Å². The Balaban J connectivity index is 2.17. The van der Waals surface area contributed by atoms with Crippen LogP contribution in [0.2, 0.25) is 0 Å². The average molecular weight is 356 g/mol. The maximum Gasteiger partial charge on any atom is 0.410 e. The van der Waals surface area contributed by atoms with Gasteiger partial charge in [-0.3, -0.25) is 0 Å². The standard InChI is InChI=1S/C16H22BrNO3/c1-16(2,3)21-15(19)18(12-8-9-12)10-11-6-5-7-13(17)14(11)20-4/h5-7,12H,8-10H2,1-4H3. The van der Waals surface area contributed by atoms with Gasteiger partial charge in [-0.15, -0.1) is 0 Å². The summed E-state index contributed by atoms with van der Waals surface area (Å²) >= 11 is 3.48. The third-order valence-corrected chi connectivity index (χ3v) is 3.83. The van der Waals surface area contributed by atoms with Crippen LogP contribution in [0.4, 0.5) is 4.79 Å². The molecule has 1 amide bonds. The Morgan fingerprint density at radius 3 is 2.57 bits per heavy atom. The van der Waals surface area contributed by atoms with Gasteiger partial charge in [-0.2, -0.15) is 0 Å². The molecule has 4 nitrogen and oxygen atoms in total. The minimum absolute atomic E-state index is 0.257. The van der Waals surface area contributed by atoms with Crippen LogP contribution in [-0.2, 0) is 11.3 Å². The van der Waals surface area contributed by atoms with Crippen LogP contribution >= 0.6 is 15.9 Å². The second-order valence-corrected chi connectivity index (χ2v) is 7.13. The number of ether oxygens (including phenoxy) is 2. The normalized spacial score (nSPS) is 14.7. The number of hydrogen-bond donors (Lipinski definition) is 0. The number of rotatable bonds is 4. The molecule has 0 aliphatic heterocycles. The molecule has 0 bridgehead atoms. The number of carbonyl (C=O) groups is 1. The molecule has 21 heavy (non-hydrogen) atoms. The number of nitrogens with zero attached hydrogens (tertiary/aromatic N) is 1. The summed E-state index contributed by atoms with van der Waals surface area (Å²) in [7, 11) is 1.64. The first-order valence-electron chi connectivity index (χ1n) is 7.13. The lowest BCUT2D eigenvalue weighted by atomic mass is 10.2. The molecule has 0 radical (unpaired) electrons. The predicted molar refractivity (Wildman–Crippen MR) is 85.5 cm³/mol. The van der Waals surface area contributed by atoms with Gasteiger partial charge in [0.25, 0.3) is 0 Å². The van der Waals surface area contributed by atoms with E-state index in [1.54, 1.807) is 12.0 Å². The number of para-hydroxylation sites is 1. The summed E-state index contributed by atoms with van der Waals surface area (Å²) in [6, 6.07) is 6.13. The van der Waals surface area contributed by atoms with Gasteiger partial charge >= 0.3 is 6.09 Å². The van der Waals surface area contributed by atoms with Crippen molar-refractivity contribution in [1.82, 2.24) is 4.90 Å². The van der Waals surface area contributed by atoms with Crippen molar-refractivity contribution < 1.29 is 14.3 Å². The number of benzene rings is 1. The van der Waals surface area contributed by atoms with Crippen molar-refractivity contribution in [2.45, 2.75) is 51.8 Å². The van der Waals surface area contributed by atoms with Gasteiger partial charge < -0.3 is 14.4 Å². The predicted octanol–water partition coefficient (Wildman–Crippen LogP) is 4.36. The fourth-order valence-electron chi connectivity index (χ4n) is 2.14. The van der Waals surface area contributed by atoms with E-state index in [0.29, 0.717) is 6.54 Å². The highest BCUT2D eigenvalue weighted by Crippen LogP contribution is 2.34. The summed E-state index contributed by atoms with van der Waals surface area (Å²) < 4.78 is 11.8. The van der Waals surface area contributed by atoms with Gasteiger partial charge in [-0.25, -0.2) is 4.79 Å². The van der Waals surface area contributed by atoms with Gasteiger partial charge in [-0.05, 0) is 55.6 Å². The van der Waals surface area contributed by atoms with Gasteiger partial charge in [0, 0.05) is 11.6 Å². The fraction of sp³-hybridized carbons (Fsp3) is 0.562. The van der Waals surface area contributed by atoms with E-state index in [1.807, 2.05) is 39.0 Å². The van der Waals surface area contributed by atoms with E-state index >= 15 is 0 Å². The van der Waals surface area contributed by atoms with E-state index in [4.69, 9.17) is 9.47 Å². The van der Waals surface area contributed by atoms with E-state index < -0.39 is 5.60 Å². The Morgan fingerprint density at radius 2 is 2.05 bits per heavy atom. The SMILES string of the molecule is COc1c(Br)cccc1CN(C(=O)OC(C)(C)C)C1CC1. The molecule has 1 aliphatic rings. The van der Waals surface area contributed by atoms with Crippen LogP contribution in [0.25, 0.3) is 0 Å². The topological polar surface area (TPSA) is 38.8 Å². The lowest BCUT2D eigenvalue weighted by Crippen LogP contribution is -2.37. The van der Waals surface area contributed by atoms with Crippen LogP contribution in [0.15, 0.2) is 22.7 Å². The van der Waals surface area contributed by atoms with Crippen LogP contribution < -0.4 is 4.74 Å². The van der Waals surface area contributed by atoms with Crippen molar-refractivity contribution in [3.8, 4) is 5.75 Å². The first kappa shape index (κ1) is 16.1. The highest BCUT2D eigenvalue weighted by atomic mass is 79.9. The summed E-state index contributed by atoms with van der Waals surface area (Å²) in [5.41, 5.74) is 0.496. The van der Waals surface area contributed by atoms with E-state index in [2.05, 4.69) is 15.9 Å². The molecule has 1 saturated carbocycles. The highest BCUT2D eigenvalue weighted by molar-refractivity contribution is 9.10. The Hall–Kier alpha value is -1.23.